The van der Waals surface area contributed by atoms with Gasteiger partial charge in [-0.1, -0.05) is 19.1 Å². The van der Waals surface area contributed by atoms with Gasteiger partial charge in [0.05, 0.1) is 0 Å². The summed E-state index contributed by atoms with van der Waals surface area (Å²) < 4.78 is 5.72. The second-order valence-corrected chi connectivity index (χ2v) is 7.34. The highest BCUT2D eigenvalue weighted by atomic mass is 16.5. The van der Waals surface area contributed by atoms with Crippen molar-refractivity contribution in [3.05, 3.63) is 29.3 Å². The molecule has 2 aliphatic heterocycles. The van der Waals surface area contributed by atoms with Crippen molar-refractivity contribution in [2.24, 2.45) is 5.92 Å². The topological polar surface area (TPSA) is 41.6 Å². The van der Waals surface area contributed by atoms with Crippen LogP contribution in [0.3, 0.4) is 0 Å². The van der Waals surface area contributed by atoms with Gasteiger partial charge in [0.1, 0.15) is 11.9 Å². The van der Waals surface area contributed by atoms with Gasteiger partial charge in [-0.3, -0.25) is 4.79 Å². The third-order valence-corrected chi connectivity index (χ3v) is 5.17. The molecule has 2 aliphatic rings. The Labute approximate surface area is 145 Å². The molecule has 1 aromatic carbocycles. The maximum atomic E-state index is 12.2. The maximum Gasteiger partial charge on any atom is 0.220 e. The number of benzene rings is 1. The molecule has 2 heterocycles. The van der Waals surface area contributed by atoms with Crippen molar-refractivity contribution in [3.8, 4) is 5.75 Å². The molecule has 0 aromatic heterocycles. The highest BCUT2D eigenvalue weighted by Gasteiger charge is 2.21. The van der Waals surface area contributed by atoms with Crippen LogP contribution in [0.2, 0.25) is 0 Å². The second kappa shape index (κ2) is 8.02. The average molecular weight is 330 g/mol. The van der Waals surface area contributed by atoms with Crippen molar-refractivity contribution in [2.75, 3.05) is 19.6 Å². The predicted molar refractivity (Wildman–Crippen MR) is 96.2 cm³/mol. The van der Waals surface area contributed by atoms with Crippen molar-refractivity contribution in [1.82, 2.24) is 10.2 Å². The molecule has 4 heteroatoms. The number of fused-ring (bicyclic) bond motifs is 1. The van der Waals surface area contributed by atoms with Gasteiger partial charge in [-0.25, -0.2) is 0 Å². The molecule has 0 bridgehead atoms. The Morgan fingerprint density at radius 1 is 1.33 bits per heavy atom. The van der Waals surface area contributed by atoms with Crippen LogP contribution in [0.1, 0.15) is 50.7 Å². The molecule has 1 amide bonds. The Kier molecular flexibility index (Phi) is 5.77. The van der Waals surface area contributed by atoms with Crippen molar-refractivity contribution >= 4 is 5.91 Å². The van der Waals surface area contributed by atoms with Crippen LogP contribution in [0, 0.1) is 5.92 Å². The van der Waals surface area contributed by atoms with Crippen LogP contribution >= 0.6 is 0 Å². The summed E-state index contributed by atoms with van der Waals surface area (Å²) in [7, 11) is 0. The van der Waals surface area contributed by atoms with E-state index < -0.39 is 0 Å². The van der Waals surface area contributed by atoms with Gasteiger partial charge in [0.2, 0.25) is 5.91 Å². The number of ether oxygens (including phenoxy) is 1. The number of likely N-dealkylation sites (tertiary alicyclic amines) is 1. The van der Waals surface area contributed by atoms with Gasteiger partial charge < -0.3 is 15.0 Å². The molecule has 0 aliphatic carbocycles. The van der Waals surface area contributed by atoms with E-state index >= 15 is 0 Å². The summed E-state index contributed by atoms with van der Waals surface area (Å²) in [6.45, 7) is 8.43. The first-order valence-electron chi connectivity index (χ1n) is 9.41. The lowest BCUT2D eigenvalue weighted by molar-refractivity contribution is -0.122. The number of carbonyl (C=O) groups excluding carboxylic acids is 1. The lowest BCUT2D eigenvalue weighted by atomic mass is 9.93. The molecule has 1 unspecified atom stereocenters. The molecule has 1 saturated heterocycles. The van der Waals surface area contributed by atoms with E-state index in [4.69, 9.17) is 4.74 Å². The van der Waals surface area contributed by atoms with E-state index in [1.54, 1.807) is 0 Å². The molecule has 1 N–H and O–H groups in total. The van der Waals surface area contributed by atoms with Crippen molar-refractivity contribution in [3.63, 3.8) is 0 Å². The zero-order chi connectivity index (χ0) is 16.9. The van der Waals surface area contributed by atoms with E-state index in [0.29, 0.717) is 18.9 Å². The van der Waals surface area contributed by atoms with Crippen LogP contribution in [0.5, 0.6) is 5.75 Å². The van der Waals surface area contributed by atoms with Gasteiger partial charge in [0.15, 0.2) is 0 Å². The standard InChI is InChI=1S/C20H30N2O2/c1-3-8-22-9-6-16(7-10-22)13-20(23)21-14-17-4-5-19-18(12-17)11-15(2)24-19/h4-5,12,15-16H,3,6-11,13-14H2,1-2H3,(H,21,23). The molecule has 4 nitrogen and oxygen atoms in total. The van der Waals surface area contributed by atoms with E-state index in [0.717, 1.165) is 43.7 Å². The molecule has 1 aromatic rings. The maximum absolute atomic E-state index is 12.2. The Bertz CT molecular complexity index is 565. The molecular formula is C20H30N2O2. The number of hydrogen-bond donors (Lipinski definition) is 1. The minimum atomic E-state index is 0.189. The first-order chi connectivity index (χ1) is 11.6. The molecule has 3 rings (SSSR count). The van der Waals surface area contributed by atoms with Gasteiger partial charge in [-0.05, 0) is 68.9 Å². The van der Waals surface area contributed by atoms with Gasteiger partial charge in [-0.15, -0.1) is 0 Å². The fourth-order valence-electron chi connectivity index (χ4n) is 3.85. The number of nitrogens with one attached hydrogen (secondary N) is 1. The summed E-state index contributed by atoms with van der Waals surface area (Å²) >= 11 is 0. The van der Waals surface area contributed by atoms with Crippen LogP contribution in [0.4, 0.5) is 0 Å². The molecule has 132 valence electrons. The molecular weight excluding hydrogens is 300 g/mol. The lowest BCUT2D eigenvalue weighted by Crippen LogP contribution is -2.36. The molecule has 1 fully saturated rings. The molecule has 24 heavy (non-hydrogen) atoms. The zero-order valence-corrected chi connectivity index (χ0v) is 15.0. The summed E-state index contributed by atoms with van der Waals surface area (Å²) in [5.41, 5.74) is 2.43. The third-order valence-electron chi connectivity index (χ3n) is 5.17. The molecule has 0 radical (unpaired) electrons. The van der Waals surface area contributed by atoms with E-state index in [9.17, 15) is 4.79 Å². The number of amides is 1. The van der Waals surface area contributed by atoms with E-state index in [-0.39, 0.29) is 12.0 Å². The van der Waals surface area contributed by atoms with Gasteiger partial charge in [0, 0.05) is 19.4 Å². The molecule has 0 spiro atoms. The first kappa shape index (κ1) is 17.3. The number of carbonyl (C=O) groups is 1. The second-order valence-electron chi connectivity index (χ2n) is 7.34. The Balaban J connectivity index is 1.41. The van der Waals surface area contributed by atoms with Crippen molar-refractivity contribution in [1.29, 1.82) is 0 Å². The van der Waals surface area contributed by atoms with Crippen molar-refractivity contribution < 1.29 is 9.53 Å². The number of hydrogen-bond acceptors (Lipinski definition) is 3. The highest BCUT2D eigenvalue weighted by molar-refractivity contribution is 5.76. The van der Waals surface area contributed by atoms with Crippen molar-refractivity contribution in [2.45, 2.75) is 58.6 Å². The lowest BCUT2D eigenvalue weighted by Gasteiger charge is -2.31. The van der Waals surface area contributed by atoms with Crippen LogP contribution in [-0.4, -0.2) is 36.5 Å². The largest absolute Gasteiger partial charge is 0.490 e. The highest BCUT2D eigenvalue weighted by Crippen LogP contribution is 2.29. The third kappa shape index (κ3) is 4.50. The first-order valence-corrected chi connectivity index (χ1v) is 9.41. The van der Waals surface area contributed by atoms with E-state index in [2.05, 4.69) is 36.2 Å². The monoisotopic (exact) mass is 330 g/mol. The Morgan fingerprint density at radius 2 is 2.12 bits per heavy atom. The van der Waals surface area contributed by atoms with Crippen LogP contribution < -0.4 is 10.1 Å². The predicted octanol–water partition coefficient (Wildman–Crippen LogP) is 3.14. The number of rotatable bonds is 6. The Hall–Kier alpha value is -1.55. The zero-order valence-electron chi connectivity index (χ0n) is 15.0. The summed E-state index contributed by atoms with van der Waals surface area (Å²) in [5.74, 6) is 1.73. The summed E-state index contributed by atoms with van der Waals surface area (Å²) in [4.78, 5) is 14.7. The fraction of sp³-hybridized carbons (Fsp3) is 0.650. The van der Waals surface area contributed by atoms with Gasteiger partial charge in [0.25, 0.3) is 0 Å². The molecule has 1 atom stereocenters. The van der Waals surface area contributed by atoms with Crippen LogP contribution in [-0.2, 0) is 17.8 Å². The average Bonchev–Trinajstić information content (AvgIpc) is 2.94. The smallest absolute Gasteiger partial charge is 0.220 e. The normalized spacial score (nSPS) is 21.3. The minimum absolute atomic E-state index is 0.189. The van der Waals surface area contributed by atoms with E-state index in [1.807, 2.05) is 6.07 Å². The van der Waals surface area contributed by atoms with Gasteiger partial charge in [-0.2, -0.15) is 0 Å². The summed E-state index contributed by atoms with van der Waals surface area (Å²) in [6, 6.07) is 6.26. The fourth-order valence-corrected chi connectivity index (χ4v) is 3.85. The summed E-state index contributed by atoms with van der Waals surface area (Å²) in [5, 5.41) is 3.09. The quantitative estimate of drug-likeness (QED) is 0.871. The molecule has 0 saturated carbocycles. The number of nitrogens with zero attached hydrogens (tertiary/aromatic N) is 1. The van der Waals surface area contributed by atoms with Gasteiger partial charge >= 0.3 is 0 Å². The van der Waals surface area contributed by atoms with Crippen LogP contribution in [0.15, 0.2) is 18.2 Å². The minimum Gasteiger partial charge on any atom is -0.490 e. The number of piperidine rings is 1. The summed E-state index contributed by atoms with van der Waals surface area (Å²) in [6.07, 6.45) is 5.43. The van der Waals surface area contributed by atoms with Crippen LogP contribution in [0.25, 0.3) is 0 Å². The SMILES string of the molecule is CCCN1CCC(CC(=O)NCc2ccc3c(c2)CC(C)O3)CC1. The van der Waals surface area contributed by atoms with E-state index in [1.165, 1.54) is 18.5 Å². The Morgan fingerprint density at radius 3 is 2.88 bits per heavy atom.